The molecule has 0 radical (unpaired) electrons. The monoisotopic (exact) mass is 445 g/mol. The highest BCUT2D eigenvalue weighted by Crippen LogP contribution is 2.23. The number of ether oxygens (including phenoxy) is 1. The van der Waals surface area contributed by atoms with E-state index in [2.05, 4.69) is 4.90 Å². The molecule has 2 aromatic carbocycles. The van der Waals surface area contributed by atoms with Crippen LogP contribution in [0.1, 0.15) is 20.8 Å². The van der Waals surface area contributed by atoms with Crippen molar-refractivity contribution < 1.29 is 17.9 Å². The molecule has 7 nitrogen and oxygen atoms in total. The Morgan fingerprint density at radius 1 is 0.968 bits per heavy atom. The Morgan fingerprint density at radius 3 is 2.23 bits per heavy atom. The first-order chi connectivity index (χ1) is 14.8. The van der Waals surface area contributed by atoms with Gasteiger partial charge in [-0.1, -0.05) is 30.3 Å². The van der Waals surface area contributed by atoms with Gasteiger partial charge in [-0.15, -0.1) is 0 Å². The zero-order chi connectivity index (χ0) is 22.2. The van der Waals surface area contributed by atoms with Gasteiger partial charge in [0.15, 0.2) is 0 Å². The van der Waals surface area contributed by atoms with E-state index in [0.717, 1.165) is 10.8 Å². The predicted molar refractivity (Wildman–Crippen MR) is 120 cm³/mol. The van der Waals surface area contributed by atoms with Crippen LogP contribution in [0.5, 0.6) is 0 Å². The third-order valence-corrected chi connectivity index (χ3v) is 8.16. The lowest BCUT2D eigenvalue weighted by atomic mass is 10.1. The van der Waals surface area contributed by atoms with Crippen LogP contribution in [0.15, 0.2) is 47.4 Å². The van der Waals surface area contributed by atoms with Crippen LogP contribution in [-0.4, -0.2) is 85.9 Å². The maximum absolute atomic E-state index is 13.2. The first-order valence-electron chi connectivity index (χ1n) is 10.9. The molecule has 168 valence electrons. The van der Waals surface area contributed by atoms with Crippen LogP contribution in [0, 0.1) is 0 Å². The van der Waals surface area contributed by atoms with E-state index in [0.29, 0.717) is 44.2 Å². The SMILES string of the molecule is CC1CN(C(=O)C(C)N2CCN(S(=O)(=O)c3ccc4ccccc4c3)CC2)CC(C)O1. The standard InChI is InChI=1S/C23H31N3O4S/c1-17-15-25(16-18(2)30-17)23(27)19(3)24-10-12-26(13-11-24)31(28,29)22-9-8-20-6-4-5-7-21(20)14-22/h4-9,14,17-19H,10-13,15-16H2,1-3H3. The summed E-state index contributed by atoms with van der Waals surface area (Å²) in [7, 11) is -3.56. The quantitative estimate of drug-likeness (QED) is 0.722. The summed E-state index contributed by atoms with van der Waals surface area (Å²) in [6.07, 6.45) is 0.0627. The van der Waals surface area contributed by atoms with Gasteiger partial charge < -0.3 is 9.64 Å². The number of amides is 1. The van der Waals surface area contributed by atoms with Gasteiger partial charge in [0, 0.05) is 39.3 Å². The molecular formula is C23H31N3O4S. The lowest BCUT2D eigenvalue weighted by Gasteiger charge is -2.41. The first-order valence-corrected chi connectivity index (χ1v) is 12.4. The van der Waals surface area contributed by atoms with Crippen molar-refractivity contribution in [1.82, 2.24) is 14.1 Å². The molecule has 0 aromatic heterocycles. The molecule has 0 saturated carbocycles. The van der Waals surface area contributed by atoms with Gasteiger partial charge >= 0.3 is 0 Å². The van der Waals surface area contributed by atoms with E-state index in [1.807, 2.05) is 56.0 Å². The average Bonchev–Trinajstić information content (AvgIpc) is 2.77. The Morgan fingerprint density at radius 2 is 1.58 bits per heavy atom. The highest BCUT2D eigenvalue weighted by Gasteiger charge is 2.35. The van der Waals surface area contributed by atoms with Crippen molar-refractivity contribution in [3.8, 4) is 0 Å². The molecule has 1 amide bonds. The second-order valence-corrected chi connectivity index (χ2v) is 10.6. The number of carbonyl (C=O) groups excluding carboxylic acids is 1. The number of benzene rings is 2. The molecule has 2 heterocycles. The van der Waals surface area contributed by atoms with Gasteiger partial charge in [-0.2, -0.15) is 4.31 Å². The lowest BCUT2D eigenvalue weighted by Crippen LogP contribution is -2.58. The molecule has 0 N–H and O–H groups in total. The summed E-state index contributed by atoms with van der Waals surface area (Å²) < 4.78 is 33.6. The third kappa shape index (κ3) is 4.62. The fourth-order valence-electron chi connectivity index (χ4n) is 4.59. The molecule has 2 fully saturated rings. The fourth-order valence-corrected chi connectivity index (χ4v) is 6.04. The molecule has 3 unspecified atom stereocenters. The first kappa shape index (κ1) is 22.2. The number of fused-ring (bicyclic) bond motifs is 1. The summed E-state index contributed by atoms with van der Waals surface area (Å²) in [4.78, 5) is 17.3. The van der Waals surface area contributed by atoms with Crippen molar-refractivity contribution in [2.24, 2.45) is 0 Å². The highest BCUT2D eigenvalue weighted by molar-refractivity contribution is 7.89. The summed E-state index contributed by atoms with van der Waals surface area (Å²) in [6.45, 7) is 8.91. The summed E-state index contributed by atoms with van der Waals surface area (Å²) in [6, 6.07) is 12.7. The van der Waals surface area contributed by atoms with Crippen molar-refractivity contribution in [2.45, 2.75) is 43.9 Å². The van der Waals surface area contributed by atoms with Crippen LogP contribution in [0.3, 0.4) is 0 Å². The van der Waals surface area contributed by atoms with Gasteiger partial charge in [-0.3, -0.25) is 9.69 Å². The molecule has 2 aliphatic heterocycles. The Bertz CT molecular complexity index is 1040. The van der Waals surface area contributed by atoms with Crippen LogP contribution >= 0.6 is 0 Å². The Kier molecular flexibility index (Phi) is 6.35. The molecule has 31 heavy (non-hydrogen) atoms. The van der Waals surface area contributed by atoms with Crippen molar-refractivity contribution in [2.75, 3.05) is 39.3 Å². The topological polar surface area (TPSA) is 70.2 Å². The Hall–Kier alpha value is -2.00. The summed E-state index contributed by atoms with van der Waals surface area (Å²) >= 11 is 0. The van der Waals surface area contributed by atoms with Crippen molar-refractivity contribution >= 4 is 26.7 Å². The minimum absolute atomic E-state index is 0.0313. The number of piperazine rings is 1. The number of rotatable bonds is 4. The van der Waals surface area contributed by atoms with Crippen molar-refractivity contribution in [1.29, 1.82) is 0 Å². The molecule has 0 bridgehead atoms. The van der Waals surface area contributed by atoms with Crippen LogP contribution < -0.4 is 0 Å². The van der Waals surface area contributed by atoms with E-state index in [4.69, 9.17) is 4.74 Å². The number of sulfonamides is 1. The summed E-state index contributed by atoms with van der Waals surface area (Å²) in [5.41, 5.74) is 0. The minimum atomic E-state index is -3.56. The van der Waals surface area contributed by atoms with Gasteiger partial charge in [-0.05, 0) is 43.7 Å². The molecular weight excluding hydrogens is 414 g/mol. The van der Waals surface area contributed by atoms with Gasteiger partial charge in [0.2, 0.25) is 15.9 Å². The highest BCUT2D eigenvalue weighted by atomic mass is 32.2. The number of morpholine rings is 1. The van der Waals surface area contributed by atoms with E-state index in [1.54, 1.807) is 12.1 Å². The van der Waals surface area contributed by atoms with E-state index in [9.17, 15) is 13.2 Å². The molecule has 3 atom stereocenters. The zero-order valence-corrected chi connectivity index (χ0v) is 19.2. The fraction of sp³-hybridized carbons (Fsp3) is 0.522. The van der Waals surface area contributed by atoms with Gasteiger partial charge in [0.05, 0.1) is 23.1 Å². The summed E-state index contributed by atoms with van der Waals surface area (Å²) in [5, 5.41) is 1.93. The maximum atomic E-state index is 13.2. The third-order valence-electron chi connectivity index (χ3n) is 6.27. The van der Waals surface area contributed by atoms with Gasteiger partial charge in [0.1, 0.15) is 0 Å². The van der Waals surface area contributed by atoms with E-state index >= 15 is 0 Å². The van der Waals surface area contributed by atoms with Crippen LogP contribution in [0.25, 0.3) is 10.8 Å². The summed E-state index contributed by atoms with van der Waals surface area (Å²) in [5.74, 6) is 0.0906. The van der Waals surface area contributed by atoms with Gasteiger partial charge in [-0.25, -0.2) is 8.42 Å². The smallest absolute Gasteiger partial charge is 0.243 e. The van der Waals surface area contributed by atoms with E-state index in [-0.39, 0.29) is 24.2 Å². The average molecular weight is 446 g/mol. The Balaban J connectivity index is 1.40. The zero-order valence-electron chi connectivity index (χ0n) is 18.4. The lowest BCUT2D eigenvalue weighted by molar-refractivity contribution is -0.148. The second kappa shape index (κ2) is 8.86. The molecule has 2 aromatic rings. The second-order valence-electron chi connectivity index (χ2n) is 8.63. The van der Waals surface area contributed by atoms with Crippen molar-refractivity contribution in [3.05, 3.63) is 42.5 Å². The minimum Gasteiger partial charge on any atom is -0.372 e. The van der Waals surface area contributed by atoms with Gasteiger partial charge in [0.25, 0.3) is 0 Å². The van der Waals surface area contributed by atoms with Crippen LogP contribution in [-0.2, 0) is 19.6 Å². The largest absolute Gasteiger partial charge is 0.372 e. The molecule has 8 heteroatoms. The molecule has 2 saturated heterocycles. The van der Waals surface area contributed by atoms with Crippen LogP contribution in [0.2, 0.25) is 0 Å². The van der Waals surface area contributed by atoms with Crippen molar-refractivity contribution in [3.63, 3.8) is 0 Å². The van der Waals surface area contributed by atoms with E-state index < -0.39 is 10.0 Å². The number of hydrogen-bond acceptors (Lipinski definition) is 5. The molecule has 0 aliphatic carbocycles. The van der Waals surface area contributed by atoms with E-state index in [1.165, 1.54) is 4.31 Å². The molecule has 4 rings (SSSR count). The normalized spacial score (nSPS) is 24.9. The van der Waals surface area contributed by atoms with Crippen LogP contribution in [0.4, 0.5) is 0 Å². The number of nitrogens with zero attached hydrogens (tertiary/aromatic N) is 3. The number of hydrogen-bond donors (Lipinski definition) is 0. The molecule has 2 aliphatic rings. The predicted octanol–water partition coefficient (Wildman–Crippen LogP) is 2.17. The molecule has 0 spiro atoms. The number of carbonyl (C=O) groups is 1. The Labute approximate surface area is 184 Å². The maximum Gasteiger partial charge on any atom is 0.243 e.